The number of imide groups is 1. The van der Waals surface area contributed by atoms with Gasteiger partial charge in [-0.1, -0.05) is 23.7 Å². The minimum atomic E-state index is -0.510. The van der Waals surface area contributed by atoms with E-state index in [9.17, 15) is 9.59 Å². The molecule has 3 aromatic rings. The van der Waals surface area contributed by atoms with Crippen LogP contribution < -0.4 is 19.7 Å². The quantitative estimate of drug-likeness (QED) is 0.584. The van der Waals surface area contributed by atoms with Crippen LogP contribution in [0.3, 0.4) is 0 Å². The highest BCUT2D eigenvalue weighted by atomic mass is 35.5. The molecule has 7 nitrogen and oxygen atoms in total. The van der Waals surface area contributed by atoms with Crippen molar-refractivity contribution in [3.63, 3.8) is 0 Å². The molecule has 8 heteroatoms. The number of nitrogens with one attached hydrogen (secondary N) is 1. The van der Waals surface area contributed by atoms with Crippen molar-refractivity contribution in [1.29, 1.82) is 5.26 Å². The van der Waals surface area contributed by atoms with Crippen LogP contribution in [0.5, 0.6) is 11.5 Å². The van der Waals surface area contributed by atoms with E-state index in [0.717, 1.165) is 4.90 Å². The molecule has 1 N–H and O–H groups in total. The average molecular weight is 458 g/mol. The summed E-state index contributed by atoms with van der Waals surface area (Å²) in [5.74, 6) is 0.184. The zero-order valence-corrected chi connectivity index (χ0v) is 17.9. The normalized spacial score (nSPS) is 15.0. The lowest BCUT2D eigenvalue weighted by Crippen LogP contribution is -2.32. The average Bonchev–Trinajstić information content (AvgIpc) is 3.09. The zero-order valence-electron chi connectivity index (χ0n) is 17.2. The van der Waals surface area contributed by atoms with E-state index in [0.29, 0.717) is 52.2 Å². The number of anilines is 2. The van der Waals surface area contributed by atoms with E-state index >= 15 is 0 Å². The first kappa shape index (κ1) is 20.6. The monoisotopic (exact) mass is 457 g/mol. The number of hydrogen-bond acceptors (Lipinski definition) is 6. The highest BCUT2D eigenvalue weighted by molar-refractivity contribution is 6.46. The van der Waals surface area contributed by atoms with Gasteiger partial charge in [0.1, 0.15) is 18.9 Å². The van der Waals surface area contributed by atoms with Crippen molar-refractivity contribution in [3.05, 3.63) is 88.6 Å². The number of fused-ring (bicyclic) bond motifs is 1. The van der Waals surface area contributed by atoms with Crippen LogP contribution in [-0.2, 0) is 9.59 Å². The van der Waals surface area contributed by atoms with Crippen LogP contribution in [0, 0.1) is 11.3 Å². The van der Waals surface area contributed by atoms with Crippen molar-refractivity contribution in [2.75, 3.05) is 23.4 Å². The molecule has 162 valence electrons. The lowest BCUT2D eigenvalue weighted by molar-refractivity contribution is -0.120. The first-order chi connectivity index (χ1) is 16.0. The van der Waals surface area contributed by atoms with Crippen molar-refractivity contribution < 1.29 is 19.1 Å². The fraction of sp³-hybridized carbons (Fsp3) is 0.0800. The minimum absolute atomic E-state index is 0.128. The zero-order chi connectivity index (χ0) is 22.9. The summed E-state index contributed by atoms with van der Waals surface area (Å²) >= 11 is 6.02. The molecule has 0 bridgehead atoms. The van der Waals surface area contributed by atoms with Crippen LogP contribution in [0.25, 0.3) is 5.57 Å². The smallest absolute Gasteiger partial charge is 0.282 e. The van der Waals surface area contributed by atoms with Crippen LogP contribution >= 0.6 is 11.6 Å². The molecule has 0 unspecified atom stereocenters. The van der Waals surface area contributed by atoms with E-state index in [1.54, 1.807) is 66.7 Å². The second-order valence-corrected chi connectivity index (χ2v) is 7.78. The number of nitriles is 1. The van der Waals surface area contributed by atoms with E-state index in [-0.39, 0.29) is 11.3 Å². The Morgan fingerprint density at radius 3 is 2.27 bits per heavy atom. The van der Waals surface area contributed by atoms with Gasteiger partial charge in [0, 0.05) is 16.8 Å². The summed E-state index contributed by atoms with van der Waals surface area (Å²) in [4.78, 5) is 28.0. The topological polar surface area (TPSA) is 91.7 Å². The predicted molar refractivity (Wildman–Crippen MR) is 123 cm³/mol. The van der Waals surface area contributed by atoms with Crippen LogP contribution in [0.15, 0.2) is 72.4 Å². The number of amides is 2. The Morgan fingerprint density at radius 2 is 1.58 bits per heavy atom. The summed E-state index contributed by atoms with van der Waals surface area (Å²) in [5, 5.41) is 12.7. The van der Waals surface area contributed by atoms with Crippen molar-refractivity contribution in [2.45, 2.75) is 0 Å². The highest BCUT2D eigenvalue weighted by Gasteiger charge is 2.40. The second kappa shape index (κ2) is 8.34. The number of benzene rings is 3. The summed E-state index contributed by atoms with van der Waals surface area (Å²) in [7, 11) is 0. The van der Waals surface area contributed by atoms with Gasteiger partial charge in [0.15, 0.2) is 11.5 Å². The lowest BCUT2D eigenvalue weighted by Gasteiger charge is -2.19. The maximum Gasteiger partial charge on any atom is 0.282 e. The molecule has 2 aliphatic rings. The van der Waals surface area contributed by atoms with Crippen molar-refractivity contribution in [3.8, 4) is 17.6 Å². The number of carbonyl (C=O) groups is 2. The number of ether oxygens (including phenoxy) is 2. The minimum Gasteiger partial charge on any atom is -0.486 e. The molecule has 33 heavy (non-hydrogen) atoms. The number of rotatable bonds is 4. The summed E-state index contributed by atoms with van der Waals surface area (Å²) in [5.41, 5.74) is 2.27. The lowest BCUT2D eigenvalue weighted by atomic mass is 10.0. The number of halogens is 1. The molecule has 5 rings (SSSR count). The summed E-state index contributed by atoms with van der Waals surface area (Å²) in [6.07, 6.45) is 0. The van der Waals surface area contributed by atoms with E-state index in [1.807, 2.05) is 6.07 Å². The molecule has 2 aliphatic heterocycles. The Kier molecular flexibility index (Phi) is 5.21. The van der Waals surface area contributed by atoms with Crippen molar-refractivity contribution in [1.82, 2.24) is 0 Å². The van der Waals surface area contributed by atoms with Gasteiger partial charge in [-0.15, -0.1) is 0 Å². The summed E-state index contributed by atoms with van der Waals surface area (Å²) in [6, 6.07) is 20.2. The molecular weight excluding hydrogens is 442 g/mol. The Bertz CT molecular complexity index is 1340. The molecule has 0 aliphatic carbocycles. The van der Waals surface area contributed by atoms with Gasteiger partial charge in [-0.05, 0) is 54.1 Å². The third-order valence-electron chi connectivity index (χ3n) is 5.28. The van der Waals surface area contributed by atoms with Gasteiger partial charge in [0.25, 0.3) is 11.8 Å². The summed E-state index contributed by atoms with van der Waals surface area (Å²) < 4.78 is 11.2. The molecule has 0 saturated heterocycles. The maximum atomic E-state index is 13.5. The number of nitrogens with zero attached hydrogens (tertiary/aromatic N) is 2. The molecule has 0 saturated carbocycles. The van der Waals surface area contributed by atoms with Crippen molar-refractivity contribution >= 4 is 40.4 Å². The van der Waals surface area contributed by atoms with Gasteiger partial charge in [0.05, 0.1) is 22.9 Å². The van der Waals surface area contributed by atoms with Crippen LogP contribution in [-0.4, -0.2) is 25.0 Å². The van der Waals surface area contributed by atoms with E-state index in [1.165, 1.54) is 0 Å². The molecular formula is C25H16ClN3O4. The molecule has 0 aromatic heterocycles. The molecule has 0 spiro atoms. The van der Waals surface area contributed by atoms with E-state index in [2.05, 4.69) is 5.32 Å². The Balaban J connectivity index is 1.57. The first-order valence-corrected chi connectivity index (χ1v) is 10.5. The fourth-order valence-corrected chi connectivity index (χ4v) is 3.84. The molecule has 2 heterocycles. The highest BCUT2D eigenvalue weighted by Crippen LogP contribution is 2.37. The third kappa shape index (κ3) is 3.77. The van der Waals surface area contributed by atoms with Crippen LogP contribution in [0.1, 0.15) is 11.1 Å². The van der Waals surface area contributed by atoms with E-state index < -0.39 is 11.8 Å². The number of carbonyl (C=O) groups excluding carboxylic acids is 2. The van der Waals surface area contributed by atoms with Crippen molar-refractivity contribution in [2.24, 2.45) is 0 Å². The standard InChI is InChI=1S/C25H16ClN3O4/c26-17-5-3-16(4-6-17)22-23(28-18-7-10-20-21(13-18)33-12-11-32-20)25(31)29(24(22)30)19-8-1-15(14-27)2-9-19/h1-10,13,28H,11-12H2. The fourth-order valence-electron chi connectivity index (χ4n) is 3.72. The molecule has 0 fully saturated rings. The molecule has 2 amide bonds. The predicted octanol–water partition coefficient (Wildman–Crippen LogP) is 4.38. The van der Waals surface area contributed by atoms with Gasteiger partial charge >= 0.3 is 0 Å². The van der Waals surface area contributed by atoms with Gasteiger partial charge in [-0.25, -0.2) is 4.90 Å². The third-order valence-corrected chi connectivity index (χ3v) is 5.53. The van der Waals surface area contributed by atoms with Gasteiger partial charge < -0.3 is 14.8 Å². The first-order valence-electron chi connectivity index (χ1n) is 10.1. The molecule has 3 aromatic carbocycles. The Hall–Kier alpha value is -4.28. The van der Waals surface area contributed by atoms with Crippen LogP contribution in [0.2, 0.25) is 5.02 Å². The molecule has 0 atom stereocenters. The van der Waals surface area contributed by atoms with Gasteiger partial charge in [-0.2, -0.15) is 5.26 Å². The van der Waals surface area contributed by atoms with Gasteiger partial charge in [0.2, 0.25) is 0 Å². The molecule has 0 radical (unpaired) electrons. The Morgan fingerprint density at radius 1 is 0.879 bits per heavy atom. The number of hydrogen-bond donors (Lipinski definition) is 1. The summed E-state index contributed by atoms with van der Waals surface area (Å²) in [6.45, 7) is 0.900. The largest absolute Gasteiger partial charge is 0.486 e. The maximum absolute atomic E-state index is 13.5. The van der Waals surface area contributed by atoms with E-state index in [4.69, 9.17) is 26.3 Å². The van der Waals surface area contributed by atoms with Gasteiger partial charge in [-0.3, -0.25) is 9.59 Å². The SMILES string of the molecule is N#Cc1ccc(N2C(=O)C(Nc3ccc4c(c3)OCCO4)=C(c3ccc(Cl)cc3)C2=O)cc1. The Labute approximate surface area is 194 Å². The second-order valence-electron chi connectivity index (χ2n) is 7.34. The van der Waals surface area contributed by atoms with Crippen LogP contribution in [0.4, 0.5) is 11.4 Å².